The summed E-state index contributed by atoms with van der Waals surface area (Å²) >= 11 is 0. The van der Waals surface area contributed by atoms with Crippen molar-refractivity contribution in [3.05, 3.63) is 35.9 Å². The van der Waals surface area contributed by atoms with Crippen molar-refractivity contribution in [2.75, 3.05) is 13.2 Å². The summed E-state index contributed by atoms with van der Waals surface area (Å²) in [7, 11) is -4.64. The van der Waals surface area contributed by atoms with Gasteiger partial charge >= 0.3 is 19.9 Å². The molecule has 1 N–H and O–H groups in total. The molecule has 1 rings (SSSR count). The standard InChI is InChI=1S/C14H19F3NO5P/c1-3-22-24(20,23-4-2)12(14(15,16)17)18-13(19)21-10-11-8-6-5-7-9-11/h5-9,12H,3-4,10H2,1-2H3,(H,18,19). The summed E-state index contributed by atoms with van der Waals surface area (Å²) in [5.74, 6) is -2.81. The van der Waals surface area contributed by atoms with Gasteiger partial charge in [0.05, 0.1) is 13.2 Å². The monoisotopic (exact) mass is 369 g/mol. The van der Waals surface area contributed by atoms with Crippen LogP contribution in [-0.4, -0.2) is 31.3 Å². The van der Waals surface area contributed by atoms with E-state index in [9.17, 15) is 22.5 Å². The minimum atomic E-state index is -5.04. The Bertz CT molecular complexity index is 557. The lowest BCUT2D eigenvalue weighted by Gasteiger charge is -2.28. The third-order valence-electron chi connectivity index (χ3n) is 2.71. The number of amides is 1. The zero-order valence-corrected chi connectivity index (χ0v) is 14.1. The van der Waals surface area contributed by atoms with Crippen molar-refractivity contribution >= 4 is 13.7 Å². The molecule has 10 heteroatoms. The molecule has 24 heavy (non-hydrogen) atoms. The molecule has 6 nitrogen and oxygen atoms in total. The van der Waals surface area contributed by atoms with Crippen molar-refractivity contribution in [3.8, 4) is 0 Å². The molecule has 1 atom stereocenters. The molecule has 136 valence electrons. The van der Waals surface area contributed by atoms with E-state index in [0.717, 1.165) is 0 Å². The van der Waals surface area contributed by atoms with Crippen molar-refractivity contribution in [1.29, 1.82) is 0 Å². The highest BCUT2D eigenvalue weighted by molar-refractivity contribution is 7.54. The van der Waals surface area contributed by atoms with Crippen LogP contribution in [0.1, 0.15) is 19.4 Å². The molecule has 1 aromatic rings. The summed E-state index contributed by atoms with van der Waals surface area (Å²) in [6, 6.07) is 8.39. The molecule has 1 aromatic carbocycles. The molecular formula is C14H19F3NO5P. The van der Waals surface area contributed by atoms with Crippen LogP contribution in [0.3, 0.4) is 0 Å². The Balaban J connectivity index is 2.82. The van der Waals surface area contributed by atoms with Crippen molar-refractivity contribution in [3.63, 3.8) is 0 Å². The van der Waals surface area contributed by atoms with E-state index in [1.807, 2.05) is 0 Å². The second-order valence-electron chi connectivity index (χ2n) is 4.53. The molecule has 1 amide bonds. The first-order chi connectivity index (χ1) is 11.2. The van der Waals surface area contributed by atoms with Gasteiger partial charge in [0.2, 0.25) is 5.78 Å². The molecule has 0 radical (unpaired) electrons. The maximum atomic E-state index is 13.2. The van der Waals surface area contributed by atoms with Gasteiger partial charge in [-0.25, -0.2) is 4.79 Å². The number of rotatable bonds is 8. The molecular weight excluding hydrogens is 350 g/mol. The number of hydrogen-bond donors (Lipinski definition) is 1. The van der Waals surface area contributed by atoms with Crippen LogP contribution in [0, 0.1) is 0 Å². The Kier molecular flexibility index (Phi) is 7.72. The van der Waals surface area contributed by atoms with Gasteiger partial charge in [-0.2, -0.15) is 13.2 Å². The SMILES string of the molecule is CCOP(=O)(OCC)C(NC(=O)OCc1ccccc1)C(F)(F)F. The highest BCUT2D eigenvalue weighted by atomic mass is 31.2. The third-order valence-corrected chi connectivity index (χ3v) is 5.00. The average Bonchev–Trinajstić information content (AvgIpc) is 2.51. The number of nitrogens with one attached hydrogen (secondary N) is 1. The largest absolute Gasteiger partial charge is 0.445 e. The van der Waals surface area contributed by atoms with E-state index in [-0.39, 0.29) is 19.8 Å². The molecule has 0 heterocycles. The van der Waals surface area contributed by atoms with Crippen LogP contribution < -0.4 is 5.32 Å². The quantitative estimate of drug-likeness (QED) is 0.700. The molecule has 0 aliphatic carbocycles. The van der Waals surface area contributed by atoms with Crippen molar-refractivity contribution in [2.45, 2.75) is 32.4 Å². The molecule has 0 aromatic heterocycles. The lowest BCUT2D eigenvalue weighted by atomic mass is 10.2. The molecule has 0 aliphatic rings. The van der Waals surface area contributed by atoms with Gasteiger partial charge in [-0.1, -0.05) is 30.3 Å². The predicted molar refractivity (Wildman–Crippen MR) is 80.5 cm³/mol. The van der Waals surface area contributed by atoms with E-state index >= 15 is 0 Å². The van der Waals surface area contributed by atoms with Crippen molar-refractivity contribution in [1.82, 2.24) is 5.32 Å². The molecule has 0 saturated carbocycles. The van der Waals surface area contributed by atoms with Gasteiger partial charge in [0.1, 0.15) is 6.61 Å². The average molecular weight is 369 g/mol. The number of alkyl carbamates (subject to hydrolysis) is 1. The number of alkyl halides is 3. The minimum Gasteiger partial charge on any atom is -0.445 e. The van der Waals surface area contributed by atoms with Crippen molar-refractivity contribution < 1.29 is 36.3 Å². The molecule has 1 unspecified atom stereocenters. The smallest absolute Gasteiger partial charge is 0.420 e. The number of ether oxygens (including phenoxy) is 1. The van der Waals surface area contributed by atoms with Crippen LogP contribution in [-0.2, 0) is 25.0 Å². The number of carbonyl (C=O) groups excluding carboxylic acids is 1. The lowest BCUT2D eigenvalue weighted by molar-refractivity contribution is -0.140. The van der Waals surface area contributed by atoms with Crippen LogP contribution in [0.15, 0.2) is 30.3 Å². The molecule has 0 fully saturated rings. The number of carbonyl (C=O) groups is 1. The van der Waals surface area contributed by atoms with E-state index < -0.39 is 25.6 Å². The first kappa shape index (κ1) is 20.5. The zero-order valence-electron chi connectivity index (χ0n) is 13.2. The van der Waals surface area contributed by atoms with Gasteiger partial charge in [0, 0.05) is 0 Å². The Morgan fingerprint density at radius 1 is 1.17 bits per heavy atom. The summed E-state index contributed by atoms with van der Waals surface area (Å²) in [6.07, 6.45) is -6.41. The highest BCUT2D eigenvalue weighted by Crippen LogP contribution is 2.56. The Morgan fingerprint density at radius 3 is 2.17 bits per heavy atom. The second-order valence-corrected chi connectivity index (χ2v) is 6.64. The summed E-state index contributed by atoms with van der Waals surface area (Å²) < 4.78 is 65.9. The number of halogens is 3. The molecule has 0 aliphatic heterocycles. The number of hydrogen-bond acceptors (Lipinski definition) is 5. The van der Waals surface area contributed by atoms with E-state index in [4.69, 9.17) is 4.74 Å². The normalized spacial score (nSPS) is 13.4. The van der Waals surface area contributed by atoms with Crippen LogP contribution in [0.4, 0.5) is 18.0 Å². The second kappa shape index (κ2) is 9.05. The fourth-order valence-electron chi connectivity index (χ4n) is 1.76. The van der Waals surface area contributed by atoms with Crippen LogP contribution >= 0.6 is 7.60 Å². The maximum absolute atomic E-state index is 13.2. The van der Waals surface area contributed by atoms with E-state index in [1.54, 1.807) is 30.3 Å². The van der Waals surface area contributed by atoms with Gasteiger partial charge in [-0.15, -0.1) is 0 Å². The third kappa shape index (κ3) is 6.14. The Morgan fingerprint density at radius 2 is 1.71 bits per heavy atom. The van der Waals surface area contributed by atoms with Crippen LogP contribution in [0.25, 0.3) is 0 Å². The van der Waals surface area contributed by atoms with Gasteiger partial charge in [0.15, 0.2) is 0 Å². The summed E-state index contributed by atoms with van der Waals surface area (Å²) in [6.45, 7) is 1.96. The summed E-state index contributed by atoms with van der Waals surface area (Å²) in [5, 5.41) is 1.54. The molecule has 0 bridgehead atoms. The highest BCUT2D eigenvalue weighted by Gasteiger charge is 2.55. The topological polar surface area (TPSA) is 73.9 Å². The van der Waals surface area contributed by atoms with Crippen LogP contribution in [0.5, 0.6) is 0 Å². The Hall–Kier alpha value is -1.57. The van der Waals surface area contributed by atoms with Crippen LogP contribution in [0.2, 0.25) is 0 Å². The molecule has 0 saturated heterocycles. The first-order valence-corrected chi connectivity index (χ1v) is 8.76. The Labute approximate surface area is 137 Å². The van der Waals surface area contributed by atoms with E-state index in [1.165, 1.54) is 19.2 Å². The minimum absolute atomic E-state index is 0.231. The fraction of sp³-hybridized carbons (Fsp3) is 0.500. The summed E-state index contributed by atoms with van der Waals surface area (Å²) in [4.78, 5) is 11.7. The fourth-order valence-corrected chi connectivity index (χ4v) is 3.48. The zero-order chi connectivity index (χ0) is 18.2. The first-order valence-electron chi connectivity index (χ1n) is 7.15. The lowest BCUT2D eigenvalue weighted by Crippen LogP contribution is -2.46. The number of benzene rings is 1. The van der Waals surface area contributed by atoms with E-state index in [2.05, 4.69) is 9.05 Å². The summed E-state index contributed by atoms with van der Waals surface area (Å²) in [5.41, 5.74) is 0.592. The van der Waals surface area contributed by atoms with Crippen molar-refractivity contribution in [2.24, 2.45) is 0 Å². The predicted octanol–water partition coefficient (Wildman–Crippen LogP) is 4.07. The van der Waals surface area contributed by atoms with Gasteiger partial charge in [-0.05, 0) is 19.4 Å². The molecule has 0 spiro atoms. The van der Waals surface area contributed by atoms with Gasteiger partial charge < -0.3 is 13.8 Å². The van der Waals surface area contributed by atoms with Gasteiger partial charge in [-0.3, -0.25) is 9.88 Å². The van der Waals surface area contributed by atoms with Gasteiger partial charge in [0.25, 0.3) is 0 Å². The maximum Gasteiger partial charge on any atom is 0.420 e. The van der Waals surface area contributed by atoms with E-state index in [0.29, 0.717) is 5.56 Å².